The normalized spacial score (nSPS) is 15.0. The van der Waals surface area contributed by atoms with E-state index in [9.17, 15) is 19.7 Å². The number of anilines is 1. The number of nitrogens with one attached hydrogen (secondary N) is 1. The summed E-state index contributed by atoms with van der Waals surface area (Å²) in [7, 11) is 0. The first-order valence-electron chi connectivity index (χ1n) is 9.97. The predicted molar refractivity (Wildman–Crippen MR) is 117 cm³/mol. The standard InChI is InChI=1S/C21H24ClN5O4/c1-14(2)19(24-20(28)16-7-6-15(27(30)31)13-17(16)22)21(29)26-11-9-25(10-12-26)18-5-3-4-8-23-18/h3-8,13-14,19H,9-12H2,1-2H3,(H,24,28). The second-order valence-electron chi connectivity index (χ2n) is 7.62. The number of rotatable bonds is 6. The Labute approximate surface area is 185 Å². The number of amides is 2. The number of nitro benzene ring substituents is 1. The Morgan fingerprint density at radius 1 is 1.16 bits per heavy atom. The van der Waals surface area contributed by atoms with Gasteiger partial charge < -0.3 is 15.1 Å². The SMILES string of the molecule is CC(C)C(NC(=O)c1ccc([N+](=O)[O-])cc1Cl)C(=O)N1CCN(c2ccccn2)CC1. The Bertz CT molecular complexity index is 961. The average Bonchev–Trinajstić information content (AvgIpc) is 2.77. The molecule has 1 aromatic heterocycles. The molecule has 10 heteroatoms. The van der Waals surface area contributed by atoms with Crippen LogP contribution in [0.5, 0.6) is 0 Å². The van der Waals surface area contributed by atoms with Crippen LogP contribution in [0.4, 0.5) is 11.5 Å². The van der Waals surface area contributed by atoms with Crippen molar-refractivity contribution in [1.82, 2.24) is 15.2 Å². The van der Waals surface area contributed by atoms with Gasteiger partial charge in [0.25, 0.3) is 11.6 Å². The fourth-order valence-electron chi connectivity index (χ4n) is 3.43. The molecular weight excluding hydrogens is 422 g/mol. The summed E-state index contributed by atoms with van der Waals surface area (Å²) >= 11 is 6.06. The van der Waals surface area contributed by atoms with E-state index in [2.05, 4.69) is 15.2 Å². The molecule has 1 atom stereocenters. The molecule has 3 rings (SSSR count). The van der Waals surface area contributed by atoms with E-state index < -0.39 is 16.9 Å². The first-order chi connectivity index (χ1) is 14.8. The molecule has 1 saturated heterocycles. The minimum Gasteiger partial charge on any atom is -0.353 e. The van der Waals surface area contributed by atoms with Crippen molar-refractivity contribution in [2.75, 3.05) is 31.1 Å². The number of pyridine rings is 1. The summed E-state index contributed by atoms with van der Waals surface area (Å²) in [4.78, 5) is 44.3. The quantitative estimate of drug-likeness (QED) is 0.541. The van der Waals surface area contributed by atoms with Crippen LogP contribution < -0.4 is 10.2 Å². The van der Waals surface area contributed by atoms with Crippen molar-refractivity contribution in [1.29, 1.82) is 0 Å². The summed E-state index contributed by atoms with van der Waals surface area (Å²) in [6, 6.07) is 8.61. The van der Waals surface area contributed by atoms with E-state index in [1.54, 1.807) is 11.1 Å². The van der Waals surface area contributed by atoms with Crippen molar-refractivity contribution in [3.8, 4) is 0 Å². The molecule has 0 saturated carbocycles. The number of carbonyl (C=O) groups excluding carboxylic acids is 2. The van der Waals surface area contributed by atoms with E-state index in [1.165, 1.54) is 12.1 Å². The van der Waals surface area contributed by atoms with Gasteiger partial charge in [0.2, 0.25) is 5.91 Å². The molecule has 1 aliphatic heterocycles. The number of benzene rings is 1. The zero-order valence-corrected chi connectivity index (χ0v) is 18.1. The van der Waals surface area contributed by atoms with E-state index in [0.717, 1.165) is 11.9 Å². The first-order valence-corrected chi connectivity index (χ1v) is 10.3. The fourth-order valence-corrected chi connectivity index (χ4v) is 3.69. The van der Waals surface area contributed by atoms with E-state index >= 15 is 0 Å². The molecule has 0 radical (unpaired) electrons. The van der Waals surface area contributed by atoms with Gasteiger partial charge in [-0.15, -0.1) is 0 Å². The summed E-state index contributed by atoms with van der Waals surface area (Å²) < 4.78 is 0. The fraction of sp³-hybridized carbons (Fsp3) is 0.381. The van der Waals surface area contributed by atoms with Gasteiger partial charge in [-0.05, 0) is 24.1 Å². The lowest BCUT2D eigenvalue weighted by molar-refractivity contribution is -0.384. The number of non-ortho nitro benzene ring substituents is 1. The van der Waals surface area contributed by atoms with Crippen molar-refractivity contribution in [2.45, 2.75) is 19.9 Å². The van der Waals surface area contributed by atoms with E-state index in [4.69, 9.17) is 11.6 Å². The number of piperazine rings is 1. The Balaban J connectivity index is 1.66. The lowest BCUT2D eigenvalue weighted by Gasteiger charge is -2.37. The van der Waals surface area contributed by atoms with Crippen LogP contribution in [-0.2, 0) is 4.79 Å². The number of carbonyl (C=O) groups is 2. The molecule has 0 aliphatic carbocycles. The van der Waals surface area contributed by atoms with Crippen molar-refractivity contribution in [3.63, 3.8) is 0 Å². The second kappa shape index (κ2) is 9.74. The molecule has 0 spiro atoms. The maximum Gasteiger partial charge on any atom is 0.270 e. The van der Waals surface area contributed by atoms with Gasteiger partial charge in [0.15, 0.2) is 0 Å². The zero-order valence-electron chi connectivity index (χ0n) is 17.3. The van der Waals surface area contributed by atoms with Crippen molar-refractivity contribution >= 4 is 34.9 Å². The molecule has 31 heavy (non-hydrogen) atoms. The topological polar surface area (TPSA) is 109 Å². The van der Waals surface area contributed by atoms with Gasteiger partial charge >= 0.3 is 0 Å². The number of hydrogen-bond donors (Lipinski definition) is 1. The third-order valence-electron chi connectivity index (χ3n) is 5.19. The molecule has 1 aromatic carbocycles. The van der Waals surface area contributed by atoms with Crippen molar-refractivity contribution in [2.24, 2.45) is 5.92 Å². The Morgan fingerprint density at radius 3 is 2.42 bits per heavy atom. The van der Waals surface area contributed by atoms with Crippen molar-refractivity contribution in [3.05, 3.63) is 63.3 Å². The minimum atomic E-state index is -0.736. The van der Waals surface area contributed by atoms with Crippen LogP contribution in [0.2, 0.25) is 5.02 Å². The molecule has 1 aliphatic rings. The first kappa shape index (κ1) is 22.5. The monoisotopic (exact) mass is 445 g/mol. The number of hydrogen-bond acceptors (Lipinski definition) is 6. The lowest BCUT2D eigenvalue weighted by atomic mass is 10.0. The highest BCUT2D eigenvalue weighted by Crippen LogP contribution is 2.23. The van der Waals surface area contributed by atoms with Crippen LogP contribution in [0.3, 0.4) is 0 Å². The average molecular weight is 446 g/mol. The predicted octanol–water partition coefficient (Wildman–Crippen LogP) is 2.75. The summed E-state index contributed by atoms with van der Waals surface area (Å²) in [6.07, 6.45) is 1.74. The maximum absolute atomic E-state index is 13.1. The van der Waals surface area contributed by atoms with Crippen LogP contribution in [0.25, 0.3) is 0 Å². The third-order valence-corrected chi connectivity index (χ3v) is 5.50. The smallest absolute Gasteiger partial charge is 0.270 e. The highest BCUT2D eigenvalue weighted by atomic mass is 35.5. The molecular formula is C21H24ClN5O4. The van der Waals surface area contributed by atoms with Gasteiger partial charge in [-0.3, -0.25) is 19.7 Å². The van der Waals surface area contributed by atoms with Gasteiger partial charge in [-0.2, -0.15) is 0 Å². The van der Waals surface area contributed by atoms with Gasteiger partial charge in [0.05, 0.1) is 15.5 Å². The van der Waals surface area contributed by atoms with Crippen LogP contribution in [0.1, 0.15) is 24.2 Å². The molecule has 2 amide bonds. The van der Waals surface area contributed by atoms with Gasteiger partial charge in [0, 0.05) is 44.5 Å². The number of aromatic nitrogens is 1. The molecule has 164 valence electrons. The van der Waals surface area contributed by atoms with E-state index in [1.807, 2.05) is 32.0 Å². The van der Waals surface area contributed by atoms with Crippen molar-refractivity contribution < 1.29 is 14.5 Å². The highest BCUT2D eigenvalue weighted by molar-refractivity contribution is 6.34. The molecule has 1 N–H and O–H groups in total. The van der Waals surface area contributed by atoms with E-state index in [0.29, 0.717) is 26.2 Å². The van der Waals surface area contributed by atoms with Crippen LogP contribution in [-0.4, -0.2) is 58.8 Å². The summed E-state index contributed by atoms with van der Waals surface area (Å²) in [5.74, 6) is 0.0133. The molecule has 9 nitrogen and oxygen atoms in total. The Hall–Kier alpha value is -3.20. The number of halogens is 1. The molecule has 2 heterocycles. The minimum absolute atomic E-state index is 0.0365. The summed E-state index contributed by atoms with van der Waals surface area (Å²) in [5.41, 5.74) is -0.116. The largest absolute Gasteiger partial charge is 0.353 e. The number of nitro groups is 1. The van der Waals surface area contributed by atoms with Gasteiger partial charge in [-0.25, -0.2) is 4.98 Å². The molecule has 1 fully saturated rings. The molecule has 2 aromatic rings. The van der Waals surface area contributed by atoms with E-state index in [-0.39, 0.29) is 28.1 Å². The van der Waals surface area contributed by atoms with Gasteiger partial charge in [0.1, 0.15) is 11.9 Å². The molecule has 1 unspecified atom stereocenters. The number of nitrogens with zero attached hydrogens (tertiary/aromatic N) is 4. The highest BCUT2D eigenvalue weighted by Gasteiger charge is 2.31. The second-order valence-corrected chi connectivity index (χ2v) is 8.02. The van der Waals surface area contributed by atoms with Crippen LogP contribution in [0.15, 0.2) is 42.6 Å². The maximum atomic E-state index is 13.1. The van der Waals surface area contributed by atoms with Crippen LogP contribution >= 0.6 is 11.6 Å². The third kappa shape index (κ3) is 5.29. The lowest BCUT2D eigenvalue weighted by Crippen LogP contribution is -2.56. The van der Waals surface area contributed by atoms with Crippen LogP contribution in [0, 0.1) is 16.0 Å². The zero-order chi connectivity index (χ0) is 22.5. The summed E-state index contributed by atoms with van der Waals surface area (Å²) in [6.45, 7) is 6.04. The van der Waals surface area contributed by atoms with Gasteiger partial charge in [-0.1, -0.05) is 31.5 Å². The molecule has 0 bridgehead atoms. The Kier molecular flexibility index (Phi) is 7.06. The summed E-state index contributed by atoms with van der Waals surface area (Å²) in [5, 5.41) is 13.6. The Morgan fingerprint density at radius 2 is 1.87 bits per heavy atom.